The van der Waals surface area contributed by atoms with Gasteiger partial charge in [-0.05, 0) is 11.1 Å². The topological polar surface area (TPSA) is 60.8 Å². The van der Waals surface area contributed by atoms with Crippen LogP contribution in [0.15, 0.2) is 60.7 Å². The predicted molar refractivity (Wildman–Crippen MR) is 83.1 cm³/mol. The maximum atomic E-state index is 12.2. The number of carbonyl (C=O) groups excluding carboxylic acids is 1. The summed E-state index contributed by atoms with van der Waals surface area (Å²) in [5.74, 6) is -0.803. The molecular formula is C18H19NO3. The van der Waals surface area contributed by atoms with E-state index in [0.29, 0.717) is 0 Å². The molecule has 3 rings (SSSR count). The molecular weight excluding hydrogens is 278 g/mol. The minimum absolute atomic E-state index is 0.353. The summed E-state index contributed by atoms with van der Waals surface area (Å²) in [7, 11) is 1.63. The first-order valence-electron chi connectivity index (χ1n) is 7.34. The molecule has 1 saturated heterocycles. The smallest absolute Gasteiger partial charge is 0.252 e. The molecule has 114 valence electrons. The average molecular weight is 297 g/mol. The molecule has 0 saturated carbocycles. The normalized spacial score (nSPS) is 26.2. The van der Waals surface area contributed by atoms with Crippen molar-refractivity contribution in [3.63, 3.8) is 0 Å². The van der Waals surface area contributed by atoms with E-state index in [4.69, 9.17) is 0 Å². The molecule has 4 heteroatoms. The Hall–Kier alpha value is -2.17. The lowest BCUT2D eigenvalue weighted by atomic mass is 9.85. The second kappa shape index (κ2) is 5.91. The largest absolute Gasteiger partial charge is 0.386 e. The number of aliphatic hydroxyl groups is 2. The van der Waals surface area contributed by atoms with Crippen molar-refractivity contribution in [1.29, 1.82) is 0 Å². The number of aliphatic hydroxyl groups excluding tert-OH is 2. The predicted octanol–water partition coefficient (Wildman–Crippen LogP) is 1.71. The van der Waals surface area contributed by atoms with Gasteiger partial charge in [0.25, 0.3) is 5.91 Å². The first kappa shape index (κ1) is 14.8. The molecule has 0 spiro atoms. The van der Waals surface area contributed by atoms with E-state index in [2.05, 4.69) is 0 Å². The highest BCUT2D eigenvalue weighted by atomic mass is 16.3. The molecule has 1 fully saturated rings. The minimum atomic E-state index is -1.13. The second-order valence-corrected chi connectivity index (χ2v) is 5.68. The third-order valence-electron chi connectivity index (χ3n) is 4.41. The van der Waals surface area contributed by atoms with E-state index in [1.165, 1.54) is 4.90 Å². The van der Waals surface area contributed by atoms with E-state index >= 15 is 0 Å². The maximum Gasteiger partial charge on any atom is 0.252 e. The van der Waals surface area contributed by atoms with Crippen LogP contribution in [0.5, 0.6) is 0 Å². The Morgan fingerprint density at radius 2 is 1.55 bits per heavy atom. The lowest BCUT2D eigenvalue weighted by molar-refractivity contribution is -0.135. The van der Waals surface area contributed by atoms with E-state index in [9.17, 15) is 15.0 Å². The van der Waals surface area contributed by atoms with E-state index in [0.717, 1.165) is 11.1 Å². The van der Waals surface area contributed by atoms with Crippen LogP contribution in [0.4, 0.5) is 0 Å². The molecule has 2 aromatic rings. The van der Waals surface area contributed by atoms with Crippen LogP contribution in [-0.4, -0.2) is 40.2 Å². The van der Waals surface area contributed by atoms with Crippen LogP contribution < -0.4 is 0 Å². The number of hydrogen-bond donors (Lipinski definition) is 2. The summed E-state index contributed by atoms with van der Waals surface area (Å²) in [5.41, 5.74) is 1.59. The highest BCUT2D eigenvalue weighted by molar-refractivity contribution is 5.85. The zero-order valence-corrected chi connectivity index (χ0v) is 12.3. The molecule has 1 amide bonds. The van der Waals surface area contributed by atoms with E-state index in [-0.39, 0.29) is 5.91 Å². The van der Waals surface area contributed by atoms with Crippen molar-refractivity contribution in [3.05, 3.63) is 71.8 Å². The van der Waals surface area contributed by atoms with Gasteiger partial charge in [0.05, 0.1) is 6.04 Å². The molecule has 2 aromatic carbocycles. The zero-order valence-electron chi connectivity index (χ0n) is 12.3. The van der Waals surface area contributed by atoms with Gasteiger partial charge in [-0.3, -0.25) is 4.79 Å². The van der Waals surface area contributed by atoms with Crippen LogP contribution in [0, 0.1) is 0 Å². The van der Waals surface area contributed by atoms with Crippen molar-refractivity contribution in [3.8, 4) is 0 Å². The van der Waals surface area contributed by atoms with E-state index in [1.54, 1.807) is 7.05 Å². The van der Waals surface area contributed by atoms with Crippen LogP contribution in [0.1, 0.15) is 23.1 Å². The number of likely N-dealkylation sites (tertiary alicyclic amines) is 1. The van der Waals surface area contributed by atoms with Gasteiger partial charge < -0.3 is 15.1 Å². The Balaban J connectivity index is 2.01. The van der Waals surface area contributed by atoms with E-state index in [1.807, 2.05) is 60.7 Å². The van der Waals surface area contributed by atoms with Crippen molar-refractivity contribution in [2.24, 2.45) is 0 Å². The van der Waals surface area contributed by atoms with Crippen molar-refractivity contribution in [2.75, 3.05) is 7.05 Å². The highest BCUT2D eigenvalue weighted by Gasteiger charge is 2.49. The molecule has 1 aliphatic heterocycles. The van der Waals surface area contributed by atoms with Gasteiger partial charge in [0.15, 0.2) is 0 Å². The summed E-state index contributed by atoms with van der Waals surface area (Å²) < 4.78 is 0. The number of amides is 1. The third kappa shape index (κ3) is 2.40. The quantitative estimate of drug-likeness (QED) is 0.906. The molecule has 0 aromatic heterocycles. The molecule has 2 N–H and O–H groups in total. The monoisotopic (exact) mass is 297 g/mol. The number of nitrogens with zero attached hydrogens (tertiary/aromatic N) is 1. The number of likely N-dealkylation sites (N-methyl/N-ethyl adjacent to an activating group) is 1. The summed E-state index contributed by atoms with van der Waals surface area (Å²) in [5, 5.41) is 21.1. The number of carbonyl (C=O) groups is 1. The van der Waals surface area contributed by atoms with Gasteiger partial charge in [-0.1, -0.05) is 60.7 Å². The van der Waals surface area contributed by atoms with Gasteiger partial charge in [0, 0.05) is 13.0 Å². The van der Waals surface area contributed by atoms with Crippen LogP contribution in [0.3, 0.4) is 0 Å². The van der Waals surface area contributed by atoms with Crippen LogP contribution in [0.2, 0.25) is 0 Å². The molecule has 4 nitrogen and oxygen atoms in total. The first-order chi connectivity index (χ1) is 10.6. The molecule has 0 aliphatic carbocycles. The highest BCUT2D eigenvalue weighted by Crippen LogP contribution is 2.40. The molecule has 1 aliphatic rings. The standard InChI is InChI=1S/C18H19NO3/c1-19-15(16(20)13-10-6-3-7-11-13)14(17(21)18(19)22)12-8-4-2-5-9-12/h2-11,14-17,20-21H,1H3/t14-,15-,16?,17+/m1/s1. The molecule has 0 bridgehead atoms. The Labute approximate surface area is 129 Å². The van der Waals surface area contributed by atoms with Crippen LogP contribution in [0.25, 0.3) is 0 Å². The van der Waals surface area contributed by atoms with Gasteiger partial charge in [-0.2, -0.15) is 0 Å². The summed E-state index contributed by atoms with van der Waals surface area (Å²) >= 11 is 0. The molecule has 22 heavy (non-hydrogen) atoms. The summed E-state index contributed by atoms with van der Waals surface area (Å²) in [6.45, 7) is 0. The van der Waals surface area contributed by atoms with Gasteiger partial charge in [-0.25, -0.2) is 0 Å². The SMILES string of the molecule is CN1C(=O)[C@@H](O)[C@H](c2ccccc2)[C@@H]1C(O)c1ccccc1. The van der Waals surface area contributed by atoms with Gasteiger partial charge in [0.1, 0.15) is 12.2 Å². The molecule has 0 radical (unpaired) electrons. The molecule has 1 unspecified atom stereocenters. The Morgan fingerprint density at radius 1 is 1.00 bits per heavy atom. The number of hydrogen-bond acceptors (Lipinski definition) is 3. The molecule has 4 atom stereocenters. The number of benzene rings is 2. The van der Waals surface area contributed by atoms with Gasteiger partial charge in [0.2, 0.25) is 0 Å². The van der Waals surface area contributed by atoms with Gasteiger partial charge >= 0.3 is 0 Å². The Kier molecular flexibility index (Phi) is 3.96. The minimum Gasteiger partial charge on any atom is -0.386 e. The third-order valence-corrected chi connectivity index (χ3v) is 4.41. The number of rotatable bonds is 3. The average Bonchev–Trinajstić information content (AvgIpc) is 2.80. The summed E-state index contributed by atoms with van der Waals surface area (Å²) in [6, 6.07) is 18.1. The van der Waals surface area contributed by atoms with E-state index < -0.39 is 24.2 Å². The van der Waals surface area contributed by atoms with Crippen molar-refractivity contribution < 1.29 is 15.0 Å². The first-order valence-corrected chi connectivity index (χ1v) is 7.34. The lowest BCUT2D eigenvalue weighted by Gasteiger charge is -2.30. The van der Waals surface area contributed by atoms with Gasteiger partial charge in [-0.15, -0.1) is 0 Å². The van der Waals surface area contributed by atoms with Crippen LogP contribution in [-0.2, 0) is 4.79 Å². The fourth-order valence-corrected chi connectivity index (χ4v) is 3.25. The Morgan fingerprint density at radius 3 is 2.14 bits per heavy atom. The summed E-state index contributed by atoms with van der Waals surface area (Å²) in [6.07, 6.45) is -1.98. The van der Waals surface area contributed by atoms with Crippen molar-refractivity contribution in [2.45, 2.75) is 24.2 Å². The Bertz CT molecular complexity index is 644. The maximum absolute atomic E-state index is 12.2. The zero-order chi connectivity index (χ0) is 15.7. The van der Waals surface area contributed by atoms with Crippen molar-refractivity contribution >= 4 is 5.91 Å². The fraction of sp³-hybridized carbons (Fsp3) is 0.278. The van der Waals surface area contributed by atoms with Crippen molar-refractivity contribution in [1.82, 2.24) is 4.90 Å². The second-order valence-electron chi connectivity index (χ2n) is 5.68. The fourth-order valence-electron chi connectivity index (χ4n) is 3.25. The summed E-state index contributed by atoms with van der Waals surface area (Å²) in [4.78, 5) is 13.7. The van der Waals surface area contributed by atoms with Crippen LogP contribution >= 0.6 is 0 Å². The molecule has 1 heterocycles. The lowest BCUT2D eigenvalue weighted by Crippen LogP contribution is -2.36.